The van der Waals surface area contributed by atoms with Crippen LogP contribution in [0.5, 0.6) is 0 Å². The van der Waals surface area contributed by atoms with Gasteiger partial charge in [0, 0.05) is 0 Å². The van der Waals surface area contributed by atoms with Crippen LogP contribution in [0.15, 0.2) is 12.2 Å². The van der Waals surface area contributed by atoms with Gasteiger partial charge in [0.1, 0.15) is 12.2 Å². The van der Waals surface area contributed by atoms with Crippen LogP contribution in [-0.4, -0.2) is 57.3 Å². The van der Waals surface area contributed by atoms with E-state index in [0.29, 0.717) is 12.8 Å². The van der Waals surface area contributed by atoms with E-state index in [0.717, 1.165) is 32.1 Å². The number of aliphatic hydroxyl groups is 4. The maximum atomic E-state index is 12.3. The van der Waals surface area contributed by atoms with Crippen molar-refractivity contribution in [2.24, 2.45) is 0 Å². The molecule has 0 radical (unpaired) electrons. The van der Waals surface area contributed by atoms with E-state index in [9.17, 15) is 25.2 Å². The molecular weight excluding hydrogens is 562 g/mol. The second-order valence-electron chi connectivity index (χ2n) is 13.6. The van der Waals surface area contributed by atoms with Crippen molar-refractivity contribution in [3.05, 3.63) is 12.2 Å². The number of carbonyl (C=O) groups excluding carboxylic acids is 1. The van der Waals surface area contributed by atoms with Gasteiger partial charge in [0.15, 0.2) is 0 Å². The zero-order valence-electron chi connectivity index (χ0n) is 29.9. The first kappa shape index (κ1) is 44.0. The molecule has 0 bridgehead atoms. The lowest BCUT2D eigenvalue weighted by atomic mass is 9.99. The molecule has 0 aliphatic heterocycles. The van der Waals surface area contributed by atoms with Crippen molar-refractivity contribution in [1.29, 1.82) is 0 Å². The van der Waals surface area contributed by atoms with E-state index in [-0.39, 0.29) is 6.42 Å². The summed E-state index contributed by atoms with van der Waals surface area (Å²) in [5, 5.41) is 43.3. The number of aliphatic hydroxyl groups excluding tert-OH is 4. The molecular formula is C39H77NO5. The van der Waals surface area contributed by atoms with Gasteiger partial charge in [0.25, 0.3) is 0 Å². The normalized spacial score (nSPS) is 14.5. The third kappa shape index (κ3) is 29.0. The van der Waals surface area contributed by atoms with Gasteiger partial charge in [-0.05, 0) is 32.1 Å². The highest BCUT2D eigenvalue weighted by molar-refractivity contribution is 5.80. The number of hydrogen-bond acceptors (Lipinski definition) is 5. The van der Waals surface area contributed by atoms with Gasteiger partial charge in [0.2, 0.25) is 5.91 Å². The van der Waals surface area contributed by atoms with E-state index >= 15 is 0 Å². The average Bonchev–Trinajstić information content (AvgIpc) is 3.04. The first-order valence-electron chi connectivity index (χ1n) is 19.6. The molecule has 0 saturated carbocycles. The summed E-state index contributed by atoms with van der Waals surface area (Å²) in [7, 11) is 0. The van der Waals surface area contributed by atoms with Crippen LogP contribution in [0.4, 0.5) is 0 Å². The second kappa shape index (κ2) is 34.4. The van der Waals surface area contributed by atoms with E-state index < -0.39 is 36.9 Å². The molecule has 0 aromatic heterocycles. The molecule has 268 valence electrons. The zero-order chi connectivity index (χ0) is 33.2. The molecule has 0 rings (SSSR count). The lowest BCUT2D eigenvalue weighted by molar-refractivity contribution is -0.132. The summed E-state index contributed by atoms with van der Waals surface area (Å²) < 4.78 is 0. The number of allylic oxidation sites excluding steroid dienone is 2. The van der Waals surface area contributed by atoms with Gasteiger partial charge >= 0.3 is 0 Å². The fraction of sp³-hybridized carbons (Fsp3) is 0.923. The number of carbonyl (C=O) groups is 1. The fourth-order valence-electron chi connectivity index (χ4n) is 6.05. The Labute approximate surface area is 279 Å². The molecule has 4 atom stereocenters. The first-order chi connectivity index (χ1) is 22.0. The quantitative estimate of drug-likeness (QED) is 0.0350. The molecule has 0 saturated heterocycles. The minimum absolute atomic E-state index is 0.285. The van der Waals surface area contributed by atoms with E-state index in [4.69, 9.17) is 0 Å². The predicted molar refractivity (Wildman–Crippen MR) is 191 cm³/mol. The van der Waals surface area contributed by atoms with Gasteiger partial charge in [-0.25, -0.2) is 0 Å². The Balaban J connectivity index is 3.69. The van der Waals surface area contributed by atoms with Crippen LogP contribution < -0.4 is 5.32 Å². The first-order valence-corrected chi connectivity index (χ1v) is 19.6. The molecule has 1 amide bonds. The minimum atomic E-state index is -1.26. The monoisotopic (exact) mass is 640 g/mol. The van der Waals surface area contributed by atoms with Gasteiger partial charge < -0.3 is 25.7 Å². The summed E-state index contributed by atoms with van der Waals surface area (Å²) in [4.78, 5) is 12.3. The summed E-state index contributed by atoms with van der Waals surface area (Å²) in [6, 6.07) is -0.994. The van der Waals surface area contributed by atoms with Gasteiger partial charge in [0.05, 0.1) is 18.8 Å². The summed E-state index contributed by atoms with van der Waals surface area (Å²) in [5.41, 5.74) is 0. The van der Waals surface area contributed by atoms with Crippen LogP contribution in [0, 0.1) is 0 Å². The molecule has 0 aromatic rings. The Morgan fingerprint density at radius 2 is 0.911 bits per heavy atom. The zero-order valence-corrected chi connectivity index (χ0v) is 29.9. The lowest BCUT2D eigenvalue weighted by Crippen LogP contribution is -2.53. The van der Waals surface area contributed by atoms with Crippen molar-refractivity contribution in [3.8, 4) is 0 Å². The molecule has 45 heavy (non-hydrogen) atoms. The van der Waals surface area contributed by atoms with Gasteiger partial charge in [-0.2, -0.15) is 0 Å². The van der Waals surface area contributed by atoms with Crippen molar-refractivity contribution < 1.29 is 25.2 Å². The third-order valence-corrected chi connectivity index (χ3v) is 9.23. The van der Waals surface area contributed by atoms with Crippen LogP contribution in [0.2, 0.25) is 0 Å². The van der Waals surface area contributed by atoms with E-state index in [2.05, 4.69) is 25.2 Å². The predicted octanol–water partition coefficient (Wildman–Crippen LogP) is 9.46. The highest BCUT2D eigenvalue weighted by Crippen LogP contribution is 2.16. The van der Waals surface area contributed by atoms with Gasteiger partial charge in [-0.1, -0.05) is 180 Å². The number of hydrogen-bond donors (Lipinski definition) is 5. The Morgan fingerprint density at radius 1 is 0.533 bits per heavy atom. The van der Waals surface area contributed by atoms with Crippen LogP contribution in [0.25, 0.3) is 0 Å². The standard InChI is InChI=1S/C39H77NO5/c1-3-5-7-9-11-13-14-15-16-17-18-19-20-21-22-23-24-25-27-28-30-32-36(42)38(44)35(34-41)40-39(45)37(43)33-31-29-26-12-10-8-6-4-2/h26,29,35-38,41-44H,3-25,27-28,30-34H2,1-2H3,(H,40,45)/b29-26-. The fourth-order valence-corrected chi connectivity index (χ4v) is 6.05. The molecule has 5 N–H and O–H groups in total. The number of rotatable bonds is 35. The SMILES string of the molecule is CCCCCC/C=C\CCC(O)C(=O)NC(CO)C(O)C(O)CCCCCCCCCCCCCCCCCCCCCCC. The Kier molecular flexibility index (Phi) is 33.7. The van der Waals surface area contributed by atoms with Crippen LogP contribution in [-0.2, 0) is 4.79 Å². The van der Waals surface area contributed by atoms with Crippen LogP contribution >= 0.6 is 0 Å². The lowest BCUT2D eigenvalue weighted by Gasteiger charge is -2.27. The van der Waals surface area contributed by atoms with Crippen molar-refractivity contribution >= 4 is 5.91 Å². The third-order valence-electron chi connectivity index (χ3n) is 9.23. The molecule has 4 unspecified atom stereocenters. The topological polar surface area (TPSA) is 110 Å². The highest BCUT2D eigenvalue weighted by atomic mass is 16.3. The number of nitrogens with one attached hydrogen (secondary N) is 1. The van der Waals surface area contributed by atoms with Crippen molar-refractivity contribution in [1.82, 2.24) is 5.32 Å². The molecule has 0 aromatic carbocycles. The Morgan fingerprint density at radius 3 is 1.33 bits per heavy atom. The highest BCUT2D eigenvalue weighted by Gasteiger charge is 2.28. The molecule has 6 heteroatoms. The molecule has 0 spiro atoms. The summed E-state index contributed by atoms with van der Waals surface area (Å²) in [6.07, 6.45) is 35.5. The molecule has 6 nitrogen and oxygen atoms in total. The second-order valence-corrected chi connectivity index (χ2v) is 13.6. The smallest absolute Gasteiger partial charge is 0.249 e. The summed E-state index contributed by atoms with van der Waals surface area (Å²) >= 11 is 0. The average molecular weight is 640 g/mol. The number of amides is 1. The van der Waals surface area contributed by atoms with Crippen molar-refractivity contribution in [2.45, 2.75) is 224 Å². The Hall–Kier alpha value is -0.950. The minimum Gasteiger partial charge on any atom is -0.394 e. The largest absolute Gasteiger partial charge is 0.394 e. The maximum absolute atomic E-state index is 12.3. The van der Waals surface area contributed by atoms with Crippen LogP contribution in [0.3, 0.4) is 0 Å². The van der Waals surface area contributed by atoms with E-state index in [1.54, 1.807) is 0 Å². The van der Waals surface area contributed by atoms with Gasteiger partial charge in [-0.3, -0.25) is 4.79 Å². The molecule has 0 fully saturated rings. The van der Waals surface area contributed by atoms with E-state index in [1.165, 1.54) is 135 Å². The summed E-state index contributed by atoms with van der Waals surface area (Å²) in [6.45, 7) is 3.98. The maximum Gasteiger partial charge on any atom is 0.249 e. The molecule has 0 heterocycles. The Bertz CT molecular complexity index is 643. The number of unbranched alkanes of at least 4 members (excludes halogenated alkanes) is 24. The van der Waals surface area contributed by atoms with Crippen molar-refractivity contribution in [3.63, 3.8) is 0 Å². The van der Waals surface area contributed by atoms with E-state index in [1.807, 2.05) is 6.08 Å². The summed E-state index contributed by atoms with van der Waals surface area (Å²) in [5.74, 6) is -0.620. The van der Waals surface area contributed by atoms with Crippen LogP contribution in [0.1, 0.15) is 200 Å². The van der Waals surface area contributed by atoms with Gasteiger partial charge in [-0.15, -0.1) is 0 Å². The van der Waals surface area contributed by atoms with Crippen molar-refractivity contribution in [2.75, 3.05) is 6.61 Å². The molecule has 0 aliphatic rings. The molecule has 0 aliphatic carbocycles.